The van der Waals surface area contributed by atoms with E-state index >= 15 is 0 Å². The number of pyridine rings is 1. The fraction of sp³-hybridized carbons (Fsp3) is 0. The zero-order chi connectivity index (χ0) is 12.4. The van der Waals surface area contributed by atoms with E-state index in [4.69, 9.17) is 34.8 Å². The molecule has 0 aliphatic rings. The fourth-order valence-electron chi connectivity index (χ4n) is 1.53. The van der Waals surface area contributed by atoms with Crippen molar-refractivity contribution >= 4 is 41.1 Å². The first-order valence-corrected chi connectivity index (χ1v) is 5.81. The lowest BCUT2D eigenvalue weighted by Crippen LogP contribution is -1.90. The van der Waals surface area contributed by atoms with Gasteiger partial charge in [0.2, 0.25) is 0 Å². The standard InChI is InChI=1S/C12H6Cl3NO/c13-8-3-10(14)12(11(15)4-8)9-1-2-16-5-7(9)6-17/h1-6H. The number of carbonyl (C=O) groups is 1. The summed E-state index contributed by atoms with van der Waals surface area (Å²) >= 11 is 18.0. The molecule has 0 amide bonds. The molecule has 0 fully saturated rings. The summed E-state index contributed by atoms with van der Waals surface area (Å²) in [4.78, 5) is 14.8. The Morgan fingerprint density at radius 3 is 2.35 bits per heavy atom. The van der Waals surface area contributed by atoms with Crippen LogP contribution in [0.15, 0.2) is 30.6 Å². The van der Waals surface area contributed by atoms with Crippen molar-refractivity contribution in [1.29, 1.82) is 0 Å². The number of halogens is 3. The molecule has 0 bridgehead atoms. The maximum Gasteiger partial charge on any atom is 0.152 e. The van der Waals surface area contributed by atoms with Gasteiger partial charge >= 0.3 is 0 Å². The number of carbonyl (C=O) groups excluding carboxylic acids is 1. The third kappa shape index (κ3) is 2.44. The van der Waals surface area contributed by atoms with Gasteiger partial charge in [-0.15, -0.1) is 0 Å². The number of aromatic nitrogens is 1. The number of benzene rings is 1. The lowest BCUT2D eigenvalue weighted by atomic mass is 10.0. The van der Waals surface area contributed by atoms with Crippen LogP contribution in [0, 0.1) is 0 Å². The van der Waals surface area contributed by atoms with E-state index in [0.29, 0.717) is 38.0 Å². The van der Waals surface area contributed by atoms with Crippen LogP contribution >= 0.6 is 34.8 Å². The van der Waals surface area contributed by atoms with Crippen LogP contribution in [0.3, 0.4) is 0 Å². The molecule has 0 unspecified atom stereocenters. The van der Waals surface area contributed by atoms with E-state index in [1.807, 2.05) is 0 Å². The van der Waals surface area contributed by atoms with Crippen LogP contribution in [0.5, 0.6) is 0 Å². The van der Waals surface area contributed by atoms with Gasteiger partial charge in [-0.25, -0.2) is 0 Å². The van der Waals surface area contributed by atoms with Gasteiger partial charge in [0.15, 0.2) is 6.29 Å². The molecule has 0 aliphatic heterocycles. The van der Waals surface area contributed by atoms with Gasteiger partial charge in [-0.2, -0.15) is 0 Å². The highest BCUT2D eigenvalue weighted by Gasteiger charge is 2.13. The summed E-state index contributed by atoms with van der Waals surface area (Å²) in [6.07, 6.45) is 3.75. The second-order valence-electron chi connectivity index (χ2n) is 3.33. The van der Waals surface area contributed by atoms with Crippen molar-refractivity contribution < 1.29 is 4.79 Å². The molecule has 86 valence electrons. The zero-order valence-electron chi connectivity index (χ0n) is 8.45. The molecule has 1 aromatic carbocycles. The molecule has 0 spiro atoms. The summed E-state index contributed by atoms with van der Waals surface area (Å²) in [5, 5.41) is 1.25. The molecule has 0 atom stereocenters. The molecule has 1 aromatic heterocycles. The van der Waals surface area contributed by atoms with Crippen molar-refractivity contribution in [2.24, 2.45) is 0 Å². The van der Waals surface area contributed by atoms with Crippen LogP contribution in [0.25, 0.3) is 11.1 Å². The summed E-state index contributed by atoms with van der Waals surface area (Å²) in [5.74, 6) is 0. The van der Waals surface area contributed by atoms with E-state index in [-0.39, 0.29) is 0 Å². The van der Waals surface area contributed by atoms with Crippen LogP contribution < -0.4 is 0 Å². The summed E-state index contributed by atoms with van der Waals surface area (Å²) < 4.78 is 0. The van der Waals surface area contributed by atoms with Crippen molar-refractivity contribution in [3.8, 4) is 11.1 Å². The Kier molecular flexibility index (Phi) is 3.67. The van der Waals surface area contributed by atoms with Crippen LogP contribution in [0.4, 0.5) is 0 Å². The van der Waals surface area contributed by atoms with Gasteiger partial charge < -0.3 is 0 Å². The first-order chi connectivity index (χ1) is 8.13. The van der Waals surface area contributed by atoms with Gasteiger partial charge in [-0.3, -0.25) is 9.78 Å². The predicted molar refractivity (Wildman–Crippen MR) is 70.1 cm³/mol. The van der Waals surface area contributed by atoms with E-state index in [0.717, 1.165) is 0 Å². The summed E-state index contributed by atoms with van der Waals surface area (Å²) in [5.41, 5.74) is 1.66. The van der Waals surface area contributed by atoms with Crippen molar-refractivity contribution in [2.45, 2.75) is 0 Å². The molecule has 0 aliphatic carbocycles. The molecule has 0 radical (unpaired) electrons. The normalized spacial score (nSPS) is 10.3. The average Bonchev–Trinajstić information content (AvgIpc) is 2.28. The van der Waals surface area contributed by atoms with Gasteiger partial charge in [0.25, 0.3) is 0 Å². The molecule has 0 saturated carbocycles. The Morgan fingerprint density at radius 1 is 1.12 bits per heavy atom. The van der Waals surface area contributed by atoms with Gasteiger partial charge in [-0.1, -0.05) is 34.8 Å². The molecule has 17 heavy (non-hydrogen) atoms. The average molecular weight is 287 g/mol. The molecular weight excluding hydrogens is 280 g/mol. The minimum Gasteiger partial charge on any atom is -0.298 e. The minimum absolute atomic E-state index is 0.400. The van der Waals surface area contributed by atoms with E-state index in [1.165, 1.54) is 6.20 Å². The summed E-state index contributed by atoms with van der Waals surface area (Å²) in [7, 11) is 0. The van der Waals surface area contributed by atoms with Crippen molar-refractivity contribution in [2.75, 3.05) is 0 Å². The topological polar surface area (TPSA) is 30.0 Å². The quantitative estimate of drug-likeness (QED) is 0.760. The molecule has 2 rings (SSSR count). The maximum absolute atomic E-state index is 10.9. The Labute approximate surface area is 113 Å². The SMILES string of the molecule is O=Cc1cnccc1-c1c(Cl)cc(Cl)cc1Cl. The van der Waals surface area contributed by atoms with Crippen LogP contribution in [0.2, 0.25) is 15.1 Å². The highest BCUT2D eigenvalue weighted by molar-refractivity contribution is 6.42. The zero-order valence-corrected chi connectivity index (χ0v) is 10.7. The van der Waals surface area contributed by atoms with Crippen molar-refractivity contribution in [3.63, 3.8) is 0 Å². The summed E-state index contributed by atoms with van der Waals surface area (Å²) in [6.45, 7) is 0. The van der Waals surface area contributed by atoms with Crippen LogP contribution in [-0.4, -0.2) is 11.3 Å². The number of hydrogen-bond donors (Lipinski definition) is 0. The van der Waals surface area contributed by atoms with Crippen LogP contribution in [-0.2, 0) is 0 Å². The van der Waals surface area contributed by atoms with E-state index in [9.17, 15) is 4.79 Å². The summed E-state index contributed by atoms with van der Waals surface area (Å²) in [6, 6.07) is 4.85. The molecular formula is C12H6Cl3NO. The minimum atomic E-state index is 0.400. The highest BCUT2D eigenvalue weighted by Crippen LogP contribution is 2.38. The monoisotopic (exact) mass is 285 g/mol. The Morgan fingerprint density at radius 2 is 1.76 bits per heavy atom. The lowest BCUT2D eigenvalue weighted by molar-refractivity contribution is 0.112. The second-order valence-corrected chi connectivity index (χ2v) is 4.58. The van der Waals surface area contributed by atoms with E-state index in [2.05, 4.69) is 4.98 Å². The Bertz CT molecular complexity index is 561. The number of rotatable bonds is 2. The largest absolute Gasteiger partial charge is 0.298 e. The second kappa shape index (κ2) is 5.05. The van der Waals surface area contributed by atoms with E-state index < -0.39 is 0 Å². The first kappa shape index (κ1) is 12.4. The molecule has 0 N–H and O–H groups in total. The highest BCUT2D eigenvalue weighted by atomic mass is 35.5. The number of nitrogens with zero attached hydrogens (tertiary/aromatic N) is 1. The van der Waals surface area contributed by atoms with Gasteiger partial charge in [0.05, 0.1) is 10.0 Å². The maximum atomic E-state index is 10.9. The van der Waals surface area contributed by atoms with E-state index in [1.54, 1.807) is 24.4 Å². The number of hydrogen-bond acceptors (Lipinski definition) is 2. The van der Waals surface area contributed by atoms with Gasteiger partial charge in [0, 0.05) is 28.5 Å². The molecule has 5 heteroatoms. The number of aldehydes is 1. The third-order valence-electron chi connectivity index (χ3n) is 2.26. The Hall–Kier alpha value is -1.09. The van der Waals surface area contributed by atoms with Crippen molar-refractivity contribution in [3.05, 3.63) is 51.2 Å². The molecule has 1 heterocycles. The first-order valence-electron chi connectivity index (χ1n) is 4.67. The third-order valence-corrected chi connectivity index (χ3v) is 3.07. The lowest BCUT2D eigenvalue weighted by Gasteiger charge is -2.09. The van der Waals surface area contributed by atoms with Crippen molar-refractivity contribution in [1.82, 2.24) is 4.98 Å². The predicted octanol–water partition coefficient (Wildman–Crippen LogP) is 4.52. The smallest absolute Gasteiger partial charge is 0.152 e. The molecule has 0 saturated heterocycles. The molecule has 2 aromatic rings. The molecule has 2 nitrogen and oxygen atoms in total. The van der Waals surface area contributed by atoms with Gasteiger partial charge in [0.1, 0.15) is 0 Å². The Balaban J connectivity index is 2.72. The van der Waals surface area contributed by atoms with Crippen LogP contribution in [0.1, 0.15) is 10.4 Å². The van der Waals surface area contributed by atoms with Gasteiger partial charge in [-0.05, 0) is 23.8 Å². The fourth-order valence-corrected chi connectivity index (χ4v) is 2.55.